The van der Waals surface area contributed by atoms with Crippen molar-refractivity contribution in [3.05, 3.63) is 137 Å². The third kappa shape index (κ3) is 5.01. The standard InChI is InChI=1S/C35H38BrN/c1-5-7-11-25(6-2)26-16-20-28(21-17-26)37(29-22-18-27(36)19-23-29)30-12-10-14-32-31-13-8-9-15-33(31)35(3,4)34(32)24-30/h5-8,10-14,16,18-24,26,30-31,33H,1,9,15,17H2,2-4H3/b11-7-,25-6+. The molecule has 0 aromatic heterocycles. The maximum Gasteiger partial charge on any atom is 0.0715 e. The summed E-state index contributed by atoms with van der Waals surface area (Å²) in [7, 11) is 0. The van der Waals surface area contributed by atoms with E-state index in [1.807, 2.05) is 12.2 Å². The van der Waals surface area contributed by atoms with Gasteiger partial charge in [-0.25, -0.2) is 0 Å². The first-order valence-electron chi connectivity index (χ1n) is 13.6. The lowest BCUT2D eigenvalue weighted by Gasteiger charge is -2.35. The molecule has 4 aliphatic rings. The Hall–Kier alpha value is -2.84. The Morgan fingerprint density at radius 1 is 1.14 bits per heavy atom. The van der Waals surface area contributed by atoms with E-state index in [1.54, 1.807) is 0 Å². The van der Waals surface area contributed by atoms with Crippen LogP contribution in [0, 0.1) is 23.2 Å². The summed E-state index contributed by atoms with van der Waals surface area (Å²) in [4.78, 5) is 2.50. The lowest BCUT2D eigenvalue weighted by atomic mass is 9.72. The molecule has 0 aliphatic heterocycles. The molecule has 1 saturated carbocycles. The van der Waals surface area contributed by atoms with Crippen LogP contribution in [0.4, 0.5) is 5.69 Å². The number of hydrogen-bond acceptors (Lipinski definition) is 1. The van der Waals surface area contributed by atoms with E-state index in [0.29, 0.717) is 17.8 Å². The van der Waals surface area contributed by atoms with Gasteiger partial charge in [-0.05, 0) is 84.6 Å². The Labute approximate surface area is 231 Å². The molecular weight excluding hydrogens is 514 g/mol. The lowest BCUT2D eigenvalue weighted by Crippen LogP contribution is -2.33. The van der Waals surface area contributed by atoms with Crippen LogP contribution >= 0.6 is 15.9 Å². The maximum absolute atomic E-state index is 3.83. The van der Waals surface area contributed by atoms with Crippen molar-refractivity contribution in [1.82, 2.24) is 0 Å². The molecule has 0 N–H and O–H groups in total. The SMILES string of the molecule is C=C/C=C\C(=C/C)C1C=CC(N(c2ccc(Br)cc2)C2C=CC=C3C(=C2)C(C)(C)C2CCC=CC32)=CC1. The van der Waals surface area contributed by atoms with Gasteiger partial charge in [0, 0.05) is 27.7 Å². The fourth-order valence-corrected chi connectivity index (χ4v) is 6.89. The fraction of sp³-hybridized carbons (Fsp3) is 0.314. The number of halogens is 1. The van der Waals surface area contributed by atoms with E-state index in [0.717, 1.165) is 10.9 Å². The zero-order valence-corrected chi connectivity index (χ0v) is 23.9. The van der Waals surface area contributed by atoms with Crippen molar-refractivity contribution in [3.8, 4) is 0 Å². The highest BCUT2D eigenvalue weighted by Crippen LogP contribution is 2.57. The summed E-state index contributed by atoms with van der Waals surface area (Å²) in [5, 5.41) is 0. The van der Waals surface area contributed by atoms with Crippen molar-refractivity contribution in [3.63, 3.8) is 0 Å². The third-order valence-electron chi connectivity index (χ3n) is 8.58. The van der Waals surface area contributed by atoms with Gasteiger partial charge in [0.25, 0.3) is 0 Å². The molecule has 4 atom stereocenters. The second-order valence-corrected chi connectivity index (χ2v) is 11.9. The molecule has 0 heterocycles. The highest BCUT2D eigenvalue weighted by Gasteiger charge is 2.48. The summed E-state index contributed by atoms with van der Waals surface area (Å²) in [5.74, 6) is 1.61. The largest absolute Gasteiger partial charge is 0.331 e. The number of allylic oxidation sites excluding steroid dienone is 14. The fourth-order valence-electron chi connectivity index (χ4n) is 6.63. The van der Waals surface area contributed by atoms with Crippen LogP contribution in [-0.4, -0.2) is 6.04 Å². The van der Waals surface area contributed by atoms with Crippen molar-refractivity contribution in [2.24, 2.45) is 23.2 Å². The Kier molecular flexibility index (Phi) is 7.58. The van der Waals surface area contributed by atoms with Gasteiger partial charge in [0.15, 0.2) is 0 Å². The normalized spacial score (nSPS) is 28.2. The molecule has 1 nitrogen and oxygen atoms in total. The predicted molar refractivity (Wildman–Crippen MR) is 163 cm³/mol. The molecule has 0 radical (unpaired) electrons. The van der Waals surface area contributed by atoms with Gasteiger partial charge >= 0.3 is 0 Å². The number of anilines is 1. The summed E-state index contributed by atoms with van der Waals surface area (Å²) < 4.78 is 1.10. The number of fused-ring (bicyclic) bond motifs is 3. The minimum absolute atomic E-state index is 0.141. The van der Waals surface area contributed by atoms with Gasteiger partial charge in [-0.1, -0.05) is 109 Å². The van der Waals surface area contributed by atoms with Crippen LogP contribution < -0.4 is 4.90 Å². The van der Waals surface area contributed by atoms with Gasteiger partial charge in [-0.15, -0.1) is 0 Å². The molecule has 0 amide bonds. The summed E-state index contributed by atoms with van der Waals surface area (Å²) >= 11 is 3.63. The molecule has 4 aliphatic carbocycles. The zero-order chi connectivity index (χ0) is 26.0. The molecule has 4 unspecified atom stereocenters. The predicted octanol–water partition coefficient (Wildman–Crippen LogP) is 9.82. The van der Waals surface area contributed by atoms with Crippen LogP contribution in [0.2, 0.25) is 0 Å². The molecule has 37 heavy (non-hydrogen) atoms. The van der Waals surface area contributed by atoms with Crippen LogP contribution in [-0.2, 0) is 0 Å². The van der Waals surface area contributed by atoms with E-state index in [9.17, 15) is 0 Å². The van der Waals surface area contributed by atoms with Crippen LogP contribution in [0.25, 0.3) is 0 Å². The molecule has 1 fully saturated rings. The maximum atomic E-state index is 3.83. The van der Waals surface area contributed by atoms with Crippen LogP contribution in [0.1, 0.15) is 40.0 Å². The molecule has 190 valence electrons. The Morgan fingerprint density at radius 3 is 2.65 bits per heavy atom. The van der Waals surface area contributed by atoms with E-state index in [1.165, 1.54) is 40.9 Å². The Balaban J connectivity index is 1.52. The molecule has 0 spiro atoms. The van der Waals surface area contributed by atoms with E-state index in [2.05, 4.69) is 139 Å². The smallest absolute Gasteiger partial charge is 0.0715 e. The molecule has 0 bridgehead atoms. The molecule has 0 saturated heterocycles. The summed E-state index contributed by atoms with van der Waals surface area (Å²) in [6, 6.07) is 8.88. The van der Waals surface area contributed by atoms with Gasteiger partial charge in [-0.2, -0.15) is 0 Å². The van der Waals surface area contributed by atoms with Crippen LogP contribution in [0.15, 0.2) is 137 Å². The van der Waals surface area contributed by atoms with Crippen molar-refractivity contribution in [2.75, 3.05) is 4.90 Å². The number of rotatable bonds is 6. The van der Waals surface area contributed by atoms with Crippen molar-refractivity contribution < 1.29 is 0 Å². The van der Waals surface area contributed by atoms with Gasteiger partial charge in [0.05, 0.1) is 6.04 Å². The Bertz CT molecular complexity index is 1270. The number of nitrogens with zero attached hydrogens (tertiary/aromatic N) is 1. The number of benzene rings is 1. The first-order chi connectivity index (χ1) is 17.9. The molecule has 2 heteroatoms. The van der Waals surface area contributed by atoms with E-state index in [4.69, 9.17) is 0 Å². The molecule has 5 rings (SSSR count). The minimum Gasteiger partial charge on any atom is -0.331 e. The van der Waals surface area contributed by atoms with Crippen molar-refractivity contribution in [2.45, 2.75) is 46.1 Å². The van der Waals surface area contributed by atoms with Gasteiger partial charge in [0.2, 0.25) is 0 Å². The van der Waals surface area contributed by atoms with Gasteiger partial charge < -0.3 is 4.90 Å². The number of hydrogen-bond donors (Lipinski definition) is 0. The first-order valence-corrected chi connectivity index (χ1v) is 14.4. The highest BCUT2D eigenvalue weighted by atomic mass is 79.9. The third-order valence-corrected chi connectivity index (χ3v) is 9.11. The van der Waals surface area contributed by atoms with E-state index < -0.39 is 0 Å². The minimum atomic E-state index is 0.141. The second kappa shape index (κ2) is 10.9. The molecule has 1 aromatic carbocycles. The monoisotopic (exact) mass is 551 g/mol. The molecule has 1 aromatic rings. The quantitative estimate of drug-likeness (QED) is 0.251. The average molecular weight is 553 g/mol. The van der Waals surface area contributed by atoms with Crippen molar-refractivity contribution >= 4 is 21.6 Å². The highest BCUT2D eigenvalue weighted by molar-refractivity contribution is 9.10. The molecular formula is C35H38BrN. The van der Waals surface area contributed by atoms with E-state index in [-0.39, 0.29) is 11.5 Å². The zero-order valence-electron chi connectivity index (χ0n) is 22.3. The average Bonchev–Trinajstić information content (AvgIpc) is 3.04. The summed E-state index contributed by atoms with van der Waals surface area (Å²) in [5.41, 5.74) is 6.99. The summed E-state index contributed by atoms with van der Waals surface area (Å²) in [6.45, 7) is 10.9. The van der Waals surface area contributed by atoms with Gasteiger partial charge in [-0.3, -0.25) is 0 Å². The van der Waals surface area contributed by atoms with E-state index >= 15 is 0 Å². The van der Waals surface area contributed by atoms with Crippen LogP contribution in [0.5, 0.6) is 0 Å². The first kappa shape index (κ1) is 25.8. The van der Waals surface area contributed by atoms with Crippen molar-refractivity contribution in [1.29, 1.82) is 0 Å². The van der Waals surface area contributed by atoms with Crippen LogP contribution in [0.3, 0.4) is 0 Å². The Morgan fingerprint density at radius 2 is 1.95 bits per heavy atom. The second-order valence-electron chi connectivity index (χ2n) is 11.0. The lowest BCUT2D eigenvalue weighted by molar-refractivity contribution is 0.249. The topological polar surface area (TPSA) is 3.24 Å². The van der Waals surface area contributed by atoms with Gasteiger partial charge in [0.1, 0.15) is 0 Å². The summed E-state index contributed by atoms with van der Waals surface area (Å²) in [6.07, 6.45) is 33.3.